The predicted octanol–water partition coefficient (Wildman–Crippen LogP) is 7.49. The molecular formula is C30H21N3. The van der Waals surface area contributed by atoms with Crippen molar-refractivity contribution in [3.8, 4) is 34.2 Å². The summed E-state index contributed by atoms with van der Waals surface area (Å²) in [6.45, 7) is 2.08. The zero-order valence-corrected chi connectivity index (χ0v) is 18.2. The molecule has 33 heavy (non-hydrogen) atoms. The van der Waals surface area contributed by atoms with Gasteiger partial charge in [-0.2, -0.15) is 0 Å². The summed E-state index contributed by atoms with van der Waals surface area (Å²) in [4.78, 5) is 14.7. The molecule has 5 aromatic carbocycles. The van der Waals surface area contributed by atoms with Crippen LogP contribution in [0.3, 0.4) is 0 Å². The molecule has 3 nitrogen and oxygen atoms in total. The monoisotopic (exact) mass is 423 g/mol. The SMILES string of the molecule is Cc1cccc(-c2nc(-c3ccc4ccccc4c3)nc(-c3ccc4ccccc4c3)n2)c1. The lowest BCUT2D eigenvalue weighted by Gasteiger charge is -2.10. The molecule has 0 aliphatic carbocycles. The third-order valence-corrected chi connectivity index (χ3v) is 5.93. The molecule has 0 unspecified atom stereocenters. The maximum atomic E-state index is 4.91. The van der Waals surface area contributed by atoms with Crippen molar-refractivity contribution >= 4 is 21.5 Å². The van der Waals surface area contributed by atoms with Gasteiger partial charge in [0.05, 0.1) is 0 Å². The Morgan fingerprint density at radius 1 is 0.394 bits per heavy atom. The predicted molar refractivity (Wildman–Crippen MR) is 136 cm³/mol. The molecule has 0 saturated heterocycles. The van der Waals surface area contributed by atoms with Gasteiger partial charge in [-0.25, -0.2) is 15.0 Å². The minimum Gasteiger partial charge on any atom is -0.208 e. The minimum absolute atomic E-state index is 0.676. The van der Waals surface area contributed by atoms with Crippen LogP contribution in [0.1, 0.15) is 5.56 Å². The molecule has 0 radical (unpaired) electrons. The van der Waals surface area contributed by atoms with Crippen LogP contribution in [0.5, 0.6) is 0 Å². The molecule has 0 N–H and O–H groups in total. The minimum atomic E-state index is 0.676. The van der Waals surface area contributed by atoms with E-state index in [1.807, 2.05) is 6.07 Å². The summed E-state index contributed by atoms with van der Waals surface area (Å²) < 4.78 is 0. The Morgan fingerprint density at radius 3 is 1.33 bits per heavy atom. The molecule has 0 aliphatic rings. The van der Waals surface area contributed by atoms with Gasteiger partial charge in [0.1, 0.15) is 0 Å². The fourth-order valence-corrected chi connectivity index (χ4v) is 4.20. The van der Waals surface area contributed by atoms with E-state index in [-0.39, 0.29) is 0 Å². The molecule has 6 rings (SSSR count). The Kier molecular flexibility index (Phi) is 4.66. The van der Waals surface area contributed by atoms with Crippen molar-refractivity contribution in [3.63, 3.8) is 0 Å². The summed E-state index contributed by atoms with van der Waals surface area (Å²) >= 11 is 0. The lowest BCUT2D eigenvalue weighted by atomic mass is 10.1. The van der Waals surface area contributed by atoms with Crippen molar-refractivity contribution in [1.29, 1.82) is 0 Å². The first-order valence-corrected chi connectivity index (χ1v) is 11.0. The molecule has 0 spiro atoms. The van der Waals surface area contributed by atoms with Gasteiger partial charge < -0.3 is 0 Å². The van der Waals surface area contributed by atoms with Crippen molar-refractivity contribution in [1.82, 2.24) is 15.0 Å². The summed E-state index contributed by atoms with van der Waals surface area (Å²) in [5.41, 5.74) is 4.12. The maximum Gasteiger partial charge on any atom is 0.164 e. The highest BCUT2D eigenvalue weighted by Gasteiger charge is 2.13. The zero-order valence-electron chi connectivity index (χ0n) is 18.2. The second kappa shape index (κ2) is 7.95. The molecule has 0 aliphatic heterocycles. The Hall–Kier alpha value is -4.37. The zero-order chi connectivity index (χ0) is 22.2. The van der Waals surface area contributed by atoms with Gasteiger partial charge in [0.15, 0.2) is 17.5 Å². The molecular weight excluding hydrogens is 402 g/mol. The van der Waals surface area contributed by atoms with Gasteiger partial charge in [0.2, 0.25) is 0 Å². The highest BCUT2D eigenvalue weighted by Crippen LogP contribution is 2.28. The largest absolute Gasteiger partial charge is 0.208 e. The number of fused-ring (bicyclic) bond motifs is 2. The fraction of sp³-hybridized carbons (Fsp3) is 0.0333. The molecule has 0 amide bonds. The van der Waals surface area contributed by atoms with Crippen LogP contribution in [0.25, 0.3) is 55.7 Å². The first kappa shape index (κ1) is 19.3. The van der Waals surface area contributed by atoms with E-state index in [1.54, 1.807) is 0 Å². The van der Waals surface area contributed by atoms with Crippen LogP contribution in [-0.4, -0.2) is 15.0 Å². The van der Waals surface area contributed by atoms with E-state index in [4.69, 9.17) is 15.0 Å². The highest BCUT2D eigenvalue weighted by molar-refractivity contribution is 5.88. The van der Waals surface area contributed by atoms with Gasteiger partial charge in [-0.3, -0.25) is 0 Å². The second-order valence-corrected chi connectivity index (χ2v) is 8.30. The molecule has 0 atom stereocenters. The lowest BCUT2D eigenvalue weighted by Crippen LogP contribution is -2.00. The Balaban J connectivity index is 1.57. The van der Waals surface area contributed by atoms with Crippen molar-refractivity contribution in [2.24, 2.45) is 0 Å². The van der Waals surface area contributed by atoms with Crippen LogP contribution in [0.4, 0.5) is 0 Å². The first-order valence-electron chi connectivity index (χ1n) is 11.0. The van der Waals surface area contributed by atoms with Crippen molar-refractivity contribution < 1.29 is 0 Å². The number of hydrogen-bond donors (Lipinski definition) is 0. The van der Waals surface area contributed by atoms with E-state index >= 15 is 0 Å². The Morgan fingerprint density at radius 2 is 0.848 bits per heavy atom. The van der Waals surface area contributed by atoms with Crippen LogP contribution in [0.15, 0.2) is 109 Å². The van der Waals surface area contributed by atoms with Crippen LogP contribution < -0.4 is 0 Å². The van der Waals surface area contributed by atoms with Crippen molar-refractivity contribution in [2.75, 3.05) is 0 Å². The van der Waals surface area contributed by atoms with Crippen molar-refractivity contribution in [3.05, 3.63) is 115 Å². The molecule has 3 heteroatoms. The number of rotatable bonds is 3. The van der Waals surface area contributed by atoms with Crippen LogP contribution in [-0.2, 0) is 0 Å². The molecule has 0 saturated carbocycles. The first-order chi connectivity index (χ1) is 16.2. The van der Waals surface area contributed by atoms with Crippen LogP contribution in [0.2, 0.25) is 0 Å². The van der Waals surface area contributed by atoms with Gasteiger partial charge in [-0.05, 0) is 46.7 Å². The lowest BCUT2D eigenvalue weighted by molar-refractivity contribution is 1.07. The molecule has 0 fully saturated rings. The van der Waals surface area contributed by atoms with E-state index in [9.17, 15) is 0 Å². The average Bonchev–Trinajstić information content (AvgIpc) is 2.88. The summed E-state index contributed by atoms with van der Waals surface area (Å²) in [5, 5.41) is 4.73. The topological polar surface area (TPSA) is 38.7 Å². The van der Waals surface area contributed by atoms with E-state index in [1.165, 1.54) is 27.1 Å². The summed E-state index contributed by atoms with van der Waals surface area (Å²) in [6, 6.07) is 37.7. The smallest absolute Gasteiger partial charge is 0.164 e. The van der Waals surface area contributed by atoms with Gasteiger partial charge >= 0.3 is 0 Å². The molecule has 0 bridgehead atoms. The number of hydrogen-bond acceptors (Lipinski definition) is 3. The number of aryl methyl sites for hydroxylation is 1. The average molecular weight is 424 g/mol. The quantitative estimate of drug-likeness (QED) is 0.296. The maximum absolute atomic E-state index is 4.91. The third-order valence-electron chi connectivity index (χ3n) is 5.93. The number of aromatic nitrogens is 3. The molecule has 1 heterocycles. The molecule has 156 valence electrons. The summed E-state index contributed by atoms with van der Waals surface area (Å²) in [5.74, 6) is 2.03. The summed E-state index contributed by atoms with van der Waals surface area (Å²) in [6.07, 6.45) is 0. The van der Waals surface area contributed by atoms with Crippen molar-refractivity contribution in [2.45, 2.75) is 6.92 Å². The molecule has 6 aromatic rings. The van der Waals surface area contributed by atoms with Gasteiger partial charge in [-0.1, -0.05) is 96.6 Å². The standard InChI is InChI=1S/C30H21N3/c1-20-7-6-12-25(17-20)28-31-29(26-15-13-21-8-2-4-10-23(21)18-26)33-30(32-28)27-16-14-22-9-3-5-11-24(22)19-27/h2-19H,1H3. The van der Waals surface area contributed by atoms with Crippen LogP contribution >= 0.6 is 0 Å². The molecule has 1 aromatic heterocycles. The third kappa shape index (κ3) is 3.74. The van der Waals surface area contributed by atoms with E-state index in [0.717, 1.165) is 16.7 Å². The van der Waals surface area contributed by atoms with Gasteiger partial charge in [0.25, 0.3) is 0 Å². The number of nitrogens with zero attached hydrogens (tertiary/aromatic N) is 3. The van der Waals surface area contributed by atoms with E-state index < -0.39 is 0 Å². The Bertz CT molecular complexity index is 1540. The van der Waals surface area contributed by atoms with E-state index in [0.29, 0.717) is 17.5 Å². The van der Waals surface area contributed by atoms with Gasteiger partial charge in [0, 0.05) is 16.7 Å². The normalized spacial score (nSPS) is 11.2. The van der Waals surface area contributed by atoms with E-state index in [2.05, 4.69) is 110 Å². The highest BCUT2D eigenvalue weighted by atomic mass is 15.0. The fourth-order valence-electron chi connectivity index (χ4n) is 4.20. The van der Waals surface area contributed by atoms with Crippen LogP contribution in [0, 0.1) is 6.92 Å². The number of benzene rings is 5. The van der Waals surface area contributed by atoms with Gasteiger partial charge in [-0.15, -0.1) is 0 Å². The second-order valence-electron chi connectivity index (χ2n) is 8.30. The Labute approximate surface area is 192 Å². The summed E-state index contributed by atoms with van der Waals surface area (Å²) in [7, 11) is 0.